The van der Waals surface area contributed by atoms with Crippen LogP contribution in [0.15, 0.2) is 36.8 Å². The van der Waals surface area contributed by atoms with Crippen LogP contribution in [0.1, 0.15) is 38.1 Å². The van der Waals surface area contributed by atoms with Crippen molar-refractivity contribution in [3.63, 3.8) is 0 Å². The molecule has 0 radical (unpaired) electrons. The first-order chi connectivity index (χ1) is 17.9. The Kier molecular flexibility index (Phi) is 6.92. The van der Waals surface area contributed by atoms with Crippen LogP contribution in [0.3, 0.4) is 0 Å². The zero-order valence-electron chi connectivity index (χ0n) is 21.5. The van der Waals surface area contributed by atoms with Gasteiger partial charge < -0.3 is 24.8 Å². The maximum absolute atomic E-state index is 15.4. The van der Waals surface area contributed by atoms with Gasteiger partial charge in [0.15, 0.2) is 11.6 Å². The molecule has 4 heterocycles. The number of ether oxygens (including phenoxy) is 1. The molecule has 4 aromatic rings. The van der Waals surface area contributed by atoms with E-state index in [0.29, 0.717) is 17.8 Å². The molecule has 0 atom stereocenters. The minimum Gasteiger partial charge on any atom is -0.436 e. The van der Waals surface area contributed by atoms with Gasteiger partial charge in [-0.25, -0.2) is 14.4 Å². The normalized spacial score (nSPS) is 14.0. The van der Waals surface area contributed by atoms with Gasteiger partial charge in [-0.3, -0.25) is 0 Å². The van der Waals surface area contributed by atoms with Crippen molar-refractivity contribution in [2.24, 2.45) is 0 Å². The van der Waals surface area contributed by atoms with E-state index in [1.807, 2.05) is 44.4 Å². The van der Waals surface area contributed by atoms with Crippen molar-refractivity contribution >= 4 is 28.2 Å². The highest BCUT2D eigenvalue weighted by Gasteiger charge is 2.22. The number of pyridine rings is 1. The molecule has 8 nitrogen and oxygen atoms in total. The number of nitrogens with one attached hydrogen (secondary N) is 2. The first-order valence-corrected chi connectivity index (χ1v) is 12.6. The van der Waals surface area contributed by atoms with Crippen molar-refractivity contribution in [3.05, 3.63) is 59.7 Å². The Bertz CT molecular complexity index is 1410. The Morgan fingerprint density at radius 2 is 1.89 bits per heavy atom. The van der Waals surface area contributed by atoms with Gasteiger partial charge >= 0.3 is 0 Å². The van der Waals surface area contributed by atoms with Gasteiger partial charge in [0, 0.05) is 54.9 Å². The van der Waals surface area contributed by atoms with Crippen LogP contribution in [0.5, 0.6) is 11.6 Å². The summed E-state index contributed by atoms with van der Waals surface area (Å²) in [7, 11) is 0. The number of rotatable bonds is 7. The first-order valence-electron chi connectivity index (χ1n) is 12.6. The minimum absolute atomic E-state index is 0.0752. The highest BCUT2D eigenvalue weighted by Crippen LogP contribution is 2.37. The van der Waals surface area contributed by atoms with E-state index in [1.165, 1.54) is 12.4 Å². The van der Waals surface area contributed by atoms with Crippen LogP contribution in [0.25, 0.3) is 10.9 Å². The fraction of sp³-hybridized carbons (Fsp3) is 0.370. The molecule has 1 aliphatic rings. The molecule has 2 N–H and O–H groups in total. The number of fused-ring (bicyclic) bond motifs is 1. The lowest BCUT2D eigenvalue weighted by Gasteiger charge is -2.29. The lowest BCUT2D eigenvalue weighted by molar-refractivity contribution is 0.415. The summed E-state index contributed by atoms with van der Waals surface area (Å²) in [6.07, 6.45) is 3.53. The monoisotopic (exact) mass is 507 g/mol. The number of nitrogens with zero attached hydrogens (tertiary/aromatic N) is 5. The summed E-state index contributed by atoms with van der Waals surface area (Å²) in [6, 6.07) is 7.07. The van der Waals surface area contributed by atoms with Crippen LogP contribution in [-0.4, -0.2) is 45.7 Å². The summed E-state index contributed by atoms with van der Waals surface area (Å²) in [4.78, 5) is 14.6. The number of aryl methyl sites for hydroxylation is 2. The van der Waals surface area contributed by atoms with E-state index < -0.39 is 11.6 Å². The quantitative estimate of drug-likeness (QED) is 0.342. The van der Waals surface area contributed by atoms with E-state index in [2.05, 4.69) is 30.5 Å². The van der Waals surface area contributed by atoms with Gasteiger partial charge in [0.05, 0.1) is 17.4 Å². The number of benzene rings is 1. The first kappa shape index (κ1) is 24.9. The summed E-state index contributed by atoms with van der Waals surface area (Å²) in [5, 5.41) is 6.97. The predicted octanol–water partition coefficient (Wildman–Crippen LogP) is 5.50. The number of anilines is 3. The van der Waals surface area contributed by atoms with Gasteiger partial charge in [0.25, 0.3) is 5.88 Å². The number of piperazine rings is 1. The van der Waals surface area contributed by atoms with E-state index in [1.54, 1.807) is 12.3 Å². The number of hydrogen-bond acceptors (Lipinski definition) is 7. The van der Waals surface area contributed by atoms with E-state index in [-0.39, 0.29) is 23.5 Å². The summed E-state index contributed by atoms with van der Waals surface area (Å²) in [6.45, 7) is 11.6. The average molecular weight is 508 g/mol. The molecule has 10 heteroatoms. The maximum atomic E-state index is 15.4. The fourth-order valence-electron chi connectivity index (χ4n) is 4.96. The second kappa shape index (κ2) is 10.3. The zero-order chi connectivity index (χ0) is 26.1. The van der Waals surface area contributed by atoms with Crippen LogP contribution in [-0.2, 0) is 6.42 Å². The van der Waals surface area contributed by atoms with E-state index >= 15 is 8.78 Å². The summed E-state index contributed by atoms with van der Waals surface area (Å²) in [5.74, 6) is -0.901. The third-order valence-corrected chi connectivity index (χ3v) is 6.65. The zero-order valence-corrected chi connectivity index (χ0v) is 21.5. The average Bonchev–Trinajstić information content (AvgIpc) is 3.25. The number of hydrogen-bond donors (Lipinski definition) is 2. The largest absolute Gasteiger partial charge is 0.436 e. The molecule has 1 aromatic carbocycles. The maximum Gasteiger partial charge on any atom is 0.261 e. The molecule has 1 saturated heterocycles. The summed E-state index contributed by atoms with van der Waals surface area (Å²) < 4.78 is 38.5. The standard InChI is InChI=1S/C27H31F2N7O/c1-5-19-20-12-17(4)36(16(2)3)25(20)21(28)13-22(19)37-27-24(29)26(32-15-33-27)34-23-7-6-18(14-31-23)35-10-8-30-9-11-35/h6-7,12-16,30H,5,8-11H2,1-4H3,(H,31,32,33,34). The predicted molar refractivity (Wildman–Crippen MR) is 141 cm³/mol. The Balaban J connectivity index is 1.42. The van der Waals surface area contributed by atoms with Crippen LogP contribution >= 0.6 is 0 Å². The fourth-order valence-corrected chi connectivity index (χ4v) is 4.96. The second-order valence-electron chi connectivity index (χ2n) is 9.41. The van der Waals surface area contributed by atoms with Gasteiger partial charge in [0.1, 0.15) is 17.9 Å². The third kappa shape index (κ3) is 4.81. The number of aromatic nitrogens is 4. The minimum atomic E-state index is -0.783. The van der Waals surface area contributed by atoms with Crippen molar-refractivity contribution in [2.75, 3.05) is 36.4 Å². The number of halogens is 2. The Morgan fingerprint density at radius 3 is 2.57 bits per heavy atom. The van der Waals surface area contributed by atoms with Crippen molar-refractivity contribution in [1.29, 1.82) is 0 Å². The lowest BCUT2D eigenvalue weighted by atomic mass is 10.1. The van der Waals surface area contributed by atoms with Crippen LogP contribution in [0.4, 0.5) is 26.1 Å². The topological polar surface area (TPSA) is 80.1 Å². The molecule has 0 aliphatic carbocycles. The smallest absolute Gasteiger partial charge is 0.261 e. The molecule has 3 aromatic heterocycles. The van der Waals surface area contributed by atoms with Crippen LogP contribution < -0.4 is 20.3 Å². The highest BCUT2D eigenvalue weighted by molar-refractivity contribution is 5.88. The summed E-state index contributed by atoms with van der Waals surface area (Å²) >= 11 is 0. The Hall–Kier alpha value is -3.79. The van der Waals surface area contributed by atoms with Gasteiger partial charge in [-0.15, -0.1) is 0 Å². The Labute approximate surface area is 214 Å². The molecule has 5 rings (SSSR count). The molecule has 0 saturated carbocycles. The van der Waals surface area contributed by atoms with Gasteiger partial charge in [-0.05, 0) is 45.4 Å². The third-order valence-electron chi connectivity index (χ3n) is 6.65. The van der Waals surface area contributed by atoms with E-state index in [9.17, 15) is 0 Å². The highest BCUT2D eigenvalue weighted by atomic mass is 19.1. The van der Waals surface area contributed by atoms with E-state index in [4.69, 9.17) is 4.74 Å². The van der Waals surface area contributed by atoms with Crippen molar-refractivity contribution in [3.8, 4) is 11.6 Å². The SMILES string of the molecule is CCc1c(Oc2ncnc(Nc3ccc(N4CCNCC4)cn3)c2F)cc(F)c2c1cc(C)n2C(C)C. The molecule has 0 spiro atoms. The molecule has 37 heavy (non-hydrogen) atoms. The molecule has 0 amide bonds. The van der Waals surface area contributed by atoms with Crippen LogP contribution in [0.2, 0.25) is 0 Å². The van der Waals surface area contributed by atoms with Gasteiger partial charge in [0.2, 0.25) is 5.82 Å². The molecule has 1 fully saturated rings. The lowest BCUT2D eigenvalue weighted by Crippen LogP contribution is -2.43. The molecule has 1 aliphatic heterocycles. The van der Waals surface area contributed by atoms with Gasteiger partial charge in [-0.2, -0.15) is 9.37 Å². The molecular formula is C27H31F2N7O. The summed E-state index contributed by atoms with van der Waals surface area (Å²) in [5.41, 5.74) is 3.27. The van der Waals surface area contributed by atoms with Crippen molar-refractivity contribution < 1.29 is 13.5 Å². The van der Waals surface area contributed by atoms with Crippen molar-refractivity contribution in [1.82, 2.24) is 24.8 Å². The molecular weight excluding hydrogens is 476 g/mol. The molecule has 0 unspecified atom stereocenters. The molecule has 194 valence electrons. The van der Waals surface area contributed by atoms with Crippen molar-refractivity contribution in [2.45, 2.75) is 40.2 Å². The molecule has 0 bridgehead atoms. The van der Waals surface area contributed by atoms with Gasteiger partial charge in [-0.1, -0.05) is 6.92 Å². The van der Waals surface area contributed by atoms with E-state index in [0.717, 1.165) is 48.5 Å². The van der Waals surface area contributed by atoms with Crippen LogP contribution in [0, 0.1) is 18.6 Å². The second-order valence-corrected chi connectivity index (χ2v) is 9.41. The Morgan fingerprint density at radius 1 is 1.11 bits per heavy atom.